The van der Waals surface area contributed by atoms with Crippen LogP contribution in [0.4, 0.5) is 0 Å². The van der Waals surface area contributed by atoms with Gasteiger partial charge in [-0.25, -0.2) is 0 Å². The first kappa shape index (κ1) is 17.0. The van der Waals surface area contributed by atoms with Gasteiger partial charge in [0.25, 0.3) is 10.1 Å². The van der Waals surface area contributed by atoms with E-state index in [1.807, 2.05) is 12.1 Å². The maximum atomic E-state index is 11.8. The zero-order valence-corrected chi connectivity index (χ0v) is 14.1. The van der Waals surface area contributed by atoms with Crippen LogP contribution in [0.25, 0.3) is 10.8 Å². The number of benzene rings is 2. The van der Waals surface area contributed by atoms with Crippen LogP contribution in [0.1, 0.15) is 50.7 Å². The molecular formula is C18H24O3S. The van der Waals surface area contributed by atoms with E-state index in [9.17, 15) is 13.0 Å². The van der Waals surface area contributed by atoms with Crippen LogP contribution in [-0.4, -0.2) is 13.0 Å². The highest BCUT2D eigenvalue weighted by Crippen LogP contribution is 2.31. The van der Waals surface area contributed by atoms with E-state index < -0.39 is 10.1 Å². The minimum Gasteiger partial charge on any atom is -0.282 e. The molecule has 0 aliphatic carbocycles. The Morgan fingerprint density at radius 3 is 2.09 bits per heavy atom. The van der Waals surface area contributed by atoms with Crippen molar-refractivity contribution < 1.29 is 13.0 Å². The predicted octanol–water partition coefficient (Wildman–Crippen LogP) is 4.77. The Hall–Kier alpha value is -1.39. The van der Waals surface area contributed by atoms with Crippen LogP contribution in [0.15, 0.2) is 35.2 Å². The van der Waals surface area contributed by atoms with Crippen molar-refractivity contribution in [2.45, 2.75) is 57.3 Å². The lowest BCUT2D eigenvalue weighted by molar-refractivity contribution is 0.484. The van der Waals surface area contributed by atoms with Crippen molar-refractivity contribution in [3.8, 4) is 0 Å². The minimum atomic E-state index is -4.21. The smallest absolute Gasteiger partial charge is 0.282 e. The summed E-state index contributed by atoms with van der Waals surface area (Å²) in [5.74, 6) is 0. The first-order chi connectivity index (χ1) is 10.5. The van der Waals surface area contributed by atoms with Gasteiger partial charge in [-0.1, -0.05) is 51.0 Å². The van der Waals surface area contributed by atoms with Crippen LogP contribution in [0, 0.1) is 0 Å². The lowest BCUT2D eigenvalue weighted by Gasteiger charge is -2.14. The molecule has 2 rings (SSSR count). The first-order valence-electron chi connectivity index (χ1n) is 8.00. The highest BCUT2D eigenvalue weighted by molar-refractivity contribution is 7.86. The van der Waals surface area contributed by atoms with Gasteiger partial charge in [-0.2, -0.15) is 8.42 Å². The maximum Gasteiger partial charge on any atom is 0.295 e. The Labute approximate surface area is 133 Å². The largest absolute Gasteiger partial charge is 0.295 e. The van der Waals surface area contributed by atoms with Crippen LogP contribution in [0.5, 0.6) is 0 Å². The molecule has 0 aliphatic rings. The monoisotopic (exact) mass is 320 g/mol. The van der Waals surface area contributed by atoms with E-state index in [2.05, 4.69) is 19.9 Å². The number of fused-ring (bicyclic) bond motifs is 1. The molecule has 0 aromatic heterocycles. The SMILES string of the molecule is CCCCc1ccc(CCCC)c2c(S(=O)(=O)O)cccc12. The quantitative estimate of drug-likeness (QED) is 0.747. The molecule has 0 heterocycles. The maximum absolute atomic E-state index is 11.8. The highest BCUT2D eigenvalue weighted by Gasteiger charge is 2.17. The van der Waals surface area contributed by atoms with E-state index in [1.165, 1.54) is 6.07 Å². The molecule has 0 fully saturated rings. The third-order valence-corrected chi connectivity index (χ3v) is 4.95. The van der Waals surface area contributed by atoms with Crippen molar-refractivity contribution in [2.75, 3.05) is 0 Å². The molecule has 2 aromatic rings. The molecule has 22 heavy (non-hydrogen) atoms. The van der Waals surface area contributed by atoms with E-state index in [1.54, 1.807) is 6.07 Å². The second kappa shape index (κ2) is 7.25. The summed E-state index contributed by atoms with van der Waals surface area (Å²) in [6, 6.07) is 9.31. The number of rotatable bonds is 7. The Morgan fingerprint density at radius 2 is 1.50 bits per heavy atom. The molecule has 0 spiro atoms. The molecule has 3 nitrogen and oxygen atoms in total. The Bertz CT molecular complexity index is 748. The predicted molar refractivity (Wildman–Crippen MR) is 91.0 cm³/mol. The molecule has 0 amide bonds. The average molecular weight is 320 g/mol. The van der Waals surface area contributed by atoms with Crippen LogP contribution in [0.3, 0.4) is 0 Å². The van der Waals surface area contributed by atoms with E-state index >= 15 is 0 Å². The van der Waals surface area contributed by atoms with Gasteiger partial charge in [0.2, 0.25) is 0 Å². The first-order valence-corrected chi connectivity index (χ1v) is 9.44. The minimum absolute atomic E-state index is 0.0365. The van der Waals surface area contributed by atoms with Gasteiger partial charge in [0.1, 0.15) is 4.90 Å². The molecule has 0 aliphatic heterocycles. The third kappa shape index (κ3) is 3.68. The molecule has 0 radical (unpaired) electrons. The zero-order valence-electron chi connectivity index (χ0n) is 13.3. The van der Waals surface area contributed by atoms with E-state index in [-0.39, 0.29) is 4.90 Å². The molecule has 0 unspecified atom stereocenters. The molecule has 0 saturated heterocycles. The lowest BCUT2D eigenvalue weighted by atomic mass is 9.94. The van der Waals surface area contributed by atoms with Crippen molar-refractivity contribution in [1.29, 1.82) is 0 Å². The summed E-state index contributed by atoms with van der Waals surface area (Å²) < 4.78 is 33.1. The molecule has 0 saturated carbocycles. The Balaban J connectivity index is 2.70. The molecule has 4 heteroatoms. The Morgan fingerprint density at radius 1 is 0.909 bits per heavy atom. The normalized spacial score (nSPS) is 12.0. The molecule has 0 atom stereocenters. The number of hydrogen-bond acceptors (Lipinski definition) is 2. The summed E-state index contributed by atoms with van der Waals surface area (Å²) in [6.07, 6.45) is 5.97. The summed E-state index contributed by atoms with van der Waals surface area (Å²) in [4.78, 5) is 0.0365. The molecular weight excluding hydrogens is 296 g/mol. The van der Waals surface area contributed by atoms with E-state index in [0.29, 0.717) is 5.39 Å². The van der Waals surface area contributed by atoms with Crippen molar-refractivity contribution in [1.82, 2.24) is 0 Å². The van der Waals surface area contributed by atoms with E-state index in [0.717, 1.165) is 55.0 Å². The van der Waals surface area contributed by atoms with Gasteiger partial charge in [-0.15, -0.1) is 0 Å². The third-order valence-electron chi connectivity index (χ3n) is 4.06. The molecule has 120 valence electrons. The van der Waals surface area contributed by atoms with Gasteiger partial charge in [0, 0.05) is 5.39 Å². The van der Waals surface area contributed by atoms with Gasteiger partial charge in [0.05, 0.1) is 0 Å². The van der Waals surface area contributed by atoms with E-state index in [4.69, 9.17) is 0 Å². The fraction of sp³-hybridized carbons (Fsp3) is 0.444. The fourth-order valence-electron chi connectivity index (χ4n) is 2.88. The average Bonchev–Trinajstić information content (AvgIpc) is 2.49. The van der Waals surface area contributed by atoms with Crippen molar-refractivity contribution >= 4 is 20.9 Å². The summed E-state index contributed by atoms with van der Waals surface area (Å²) >= 11 is 0. The second-order valence-electron chi connectivity index (χ2n) is 5.74. The summed E-state index contributed by atoms with van der Waals surface area (Å²) in [5.41, 5.74) is 2.16. The number of hydrogen-bond donors (Lipinski definition) is 1. The van der Waals surface area contributed by atoms with Crippen LogP contribution >= 0.6 is 0 Å². The second-order valence-corrected chi connectivity index (χ2v) is 7.13. The standard InChI is InChI=1S/C18H24O3S/c1-3-5-8-14-12-13-15(9-6-4-2)18-16(14)10-7-11-17(18)22(19,20)21/h7,10-13H,3-6,8-9H2,1-2H3,(H,19,20,21). The van der Waals surface area contributed by atoms with Gasteiger partial charge < -0.3 is 0 Å². The summed E-state index contributed by atoms with van der Waals surface area (Å²) in [6.45, 7) is 4.25. The molecule has 1 N–H and O–H groups in total. The number of unbranched alkanes of at least 4 members (excludes halogenated alkanes) is 2. The fourth-order valence-corrected chi connectivity index (χ4v) is 3.63. The van der Waals surface area contributed by atoms with Gasteiger partial charge >= 0.3 is 0 Å². The number of aryl methyl sites for hydroxylation is 2. The van der Waals surface area contributed by atoms with Gasteiger partial charge in [-0.05, 0) is 48.3 Å². The molecule has 0 bridgehead atoms. The van der Waals surface area contributed by atoms with Crippen LogP contribution in [0.2, 0.25) is 0 Å². The summed E-state index contributed by atoms with van der Waals surface area (Å²) in [5, 5.41) is 1.66. The van der Waals surface area contributed by atoms with Gasteiger partial charge in [-0.3, -0.25) is 4.55 Å². The zero-order chi connectivity index (χ0) is 16.2. The van der Waals surface area contributed by atoms with Crippen LogP contribution in [-0.2, 0) is 23.0 Å². The van der Waals surface area contributed by atoms with Crippen molar-refractivity contribution in [2.24, 2.45) is 0 Å². The molecule has 2 aromatic carbocycles. The topological polar surface area (TPSA) is 54.4 Å². The van der Waals surface area contributed by atoms with Crippen molar-refractivity contribution in [3.63, 3.8) is 0 Å². The van der Waals surface area contributed by atoms with Gasteiger partial charge in [0.15, 0.2) is 0 Å². The van der Waals surface area contributed by atoms with Crippen LogP contribution < -0.4 is 0 Å². The van der Waals surface area contributed by atoms with Crippen molar-refractivity contribution in [3.05, 3.63) is 41.5 Å². The lowest BCUT2D eigenvalue weighted by Crippen LogP contribution is -2.02. The Kier molecular flexibility index (Phi) is 5.59. The highest BCUT2D eigenvalue weighted by atomic mass is 32.2. The summed E-state index contributed by atoms with van der Waals surface area (Å²) in [7, 11) is -4.21.